The SMILES string of the molecule is CN=C(NCCc1ccc(C)c(OC)c1)NCc1ccccc1COC. The van der Waals surface area contributed by atoms with Gasteiger partial charge in [0.05, 0.1) is 13.7 Å². The molecule has 0 fully saturated rings. The zero-order valence-electron chi connectivity index (χ0n) is 16.1. The standard InChI is InChI=1S/C21H29N3O2/c1-16-9-10-17(13-20(16)26-4)11-12-23-21(22-2)24-14-18-7-5-6-8-19(18)15-25-3/h5-10,13H,11-12,14-15H2,1-4H3,(H2,22,23,24). The Morgan fingerprint density at radius 1 is 1.04 bits per heavy atom. The third-order valence-corrected chi connectivity index (χ3v) is 4.27. The minimum Gasteiger partial charge on any atom is -0.496 e. The minimum atomic E-state index is 0.610. The van der Waals surface area contributed by atoms with E-state index < -0.39 is 0 Å². The van der Waals surface area contributed by atoms with Gasteiger partial charge in [-0.2, -0.15) is 0 Å². The Balaban J connectivity index is 1.85. The summed E-state index contributed by atoms with van der Waals surface area (Å²) < 4.78 is 10.6. The first kappa shape index (κ1) is 19.8. The van der Waals surface area contributed by atoms with Crippen LogP contribution in [0, 0.1) is 6.92 Å². The highest BCUT2D eigenvalue weighted by atomic mass is 16.5. The third-order valence-electron chi connectivity index (χ3n) is 4.27. The molecule has 0 saturated heterocycles. The average Bonchev–Trinajstić information content (AvgIpc) is 2.67. The van der Waals surface area contributed by atoms with Crippen molar-refractivity contribution in [3.05, 3.63) is 64.7 Å². The van der Waals surface area contributed by atoms with Crippen molar-refractivity contribution in [1.29, 1.82) is 0 Å². The monoisotopic (exact) mass is 355 g/mol. The van der Waals surface area contributed by atoms with Gasteiger partial charge >= 0.3 is 0 Å². The molecule has 0 spiro atoms. The van der Waals surface area contributed by atoms with E-state index in [0.29, 0.717) is 13.2 Å². The van der Waals surface area contributed by atoms with Gasteiger partial charge in [-0.25, -0.2) is 0 Å². The van der Waals surface area contributed by atoms with Gasteiger partial charge in [0.2, 0.25) is 0 Å². The molecule has 140 valence electrons. The van der Waals surface area contributed by atoms with Crippen LogP contribution >= 0.6 is 0 Å². The molecule has 26 heavy (non-hydrogen) atoms. The van der Waals surface area contributed by atoms with E-state index in [0.717, 1.165) is 30.2 Å². The molecule has 2 aromatic rings. The zero-order chi connectivity index (χ0) is 18.8. The first-order chi connectivity index (χ1) is 12.7. The van der Waals surface area contributed by atoms with Crippen LogP contribution in [0.4, 0.5) is 0 Å². The van der Waals surface area contributed by atoms with E-state index in [1.165, 1.54) is 16.7 Å². The Morgan fingerprint density at radius 2 is 1.81 bits per heavy atom. The van der Waals surface area contributed by atoms with Crippen molar-refractivity contribution >= 4 is 5.96 Å². The predicted octanol–water partition coefficient (Wildman–Crippen LogP) is 3.06. The molecule has 0 heterocycles. The summed E-state index contributed by atoms with van der Waals surface area (Å²) in [5, 5.41) is 6.72. The summed E-state index contributed by atoms with van der Waals surface area (Å²) in [6, 6.07) is 14.6. The summed E-state index contributed by atoms with van der Waals surface area (Å²) in [5.41, 5.74) is 4.78. The van der Waals surface area contributed by atoms with Crippen LogP contribution in [0.3, 0.4) is 0 Å². The van der Waals surface area contributed by atoms with Crippen molar-refractivity contribution in [3.8, 4) is 5.75 Å². The Morgan fingerprint density at radius 3 is 2.50 bits per heavy atom. The largest absolute Gasteiger partial charge is 0.496 e. The molecular formula is C21H29N3O2. The van der Waals surface area contributed by atoms with E-state index in [-0.39, 0.29) is 0 Å². The van der Waals surface area contributed by atoms with E-state index in [4.69, 9.17) is 9.47 Å². The van der Waals surface area contributed by atoms with Crippen molar-refractivity contribution < 1.29 is 9.47 Å². The first-order valence-corrected chi connectivity index (χ1v) is 8.81. The van der Waals surface area contributed by atoms with Crippen LogP contribution in [0.15, 0.2) is 47.5 Å². The summed E-state index contributed by atoms with van der Waals surface area (Å²) in [4.78, 5) is 4.30. The molecule has 0 atom stereocenters. The van der Waals surface area contributed by atoms with Gasteiger partial charge in [-0.1, -0.05) is 36.4 Å². The van der Waals surface area contributed by atoms with Gasteiger partial charge in [-0.3, -0.25) is 4.99 Å². The lowest BCUT2D eigenvalue weighted by atomic mass is 10.1. The smallest absolute Gasteiger partial charge is 0.191 e. The molecule has 5 heteroatoms. The second kappa shape index (κ2) is 10.5. The quantitative estimate of drug-likeness (QED) is 0.564. The van der Waals surface area contributed by atoms with Crippen LogP contribution < -0.4 is 15.4 Å². The Kier molecular flexibility index (Phi) is 7.96. The van der Waals surface area contributed by atoms with Crippen molar-refractivity contribution in [2.75, 3.05) is 27.8 Å². The summed E-state index contributed by atoms with van der Waals surface area (Å²) in [7, 11) is 5.20. The lowest BCUT2D eigenvalue weighted by molar-refractivity contribution is 0.184. The topological polar surface area (TPSA) is 54.9 Å². The third kappa shape index (κ3) is 5.77. The van der Waals surface area contributed by atoms with Crippen LogP contribution in [-0.4, -0.2) is 33.8 Å². The number of hydrogen-bond donors (Lipinski definition) is 2. The number of aliphatic imine (C=N–C) groups is 1. The maximum Gasteiger partial charge on any atom is 0.191 e. The number of aryl methyl sites for hydroxylation is 1. The number of rotatable bonds is 8. The van der Waals surface area contributed by atoms with Crippen LogP contribution in [0.1, 0.15) is 22.3 Å². The Hall–Kier alpha value is -2.53. The molecular weight excluding hydrogens is 326 g/mol. The van der Waals surface area contributed by atoms with E-state index in [1.807, 2.05) is 19.1 Å². The maximum absolute atomic E-state index is 5.39. The molecule has 2 N–H and O–H groups in total. The Bertz CT molecular complexity index is 729. The molecule has 0 aliphatic carbocycles. The molecule has 2 aromatic carbocycles. The van der Waals surface area contributed by atoms with Gasteiger partial charge in [-0.05, 0) is 41.7 Å². The average molecular weight is 355 g/mol. The molecule has 0 aromatic heterocycles. The number of guanidine groups is 1. The molecule has 0 unspecified atom stereocenters. The molecule has 0 bridgehead atoms. The van der Waals surface area contributed by atoms with E-state index in [9.17, 15) is 0 Å². The molecule has 0 aliphatic rings. The highest BCUT2D eigenvalue weighted by molar-refractivity contribution is 5.79. The second-order valence-corrected chi connectivity index (χ2v) is 6.11. The maximum atomic E-state index is 5.39. The summed E-state index contributed by atoms with van der Waals surface area (Å²) in [5.74, 6) is 1.72. The number of hydrogen-bond acceptors (Lipinski definition) is 3. The fourth-order valence-corrected chi connectivity index (χ4v) is 2.77. The number of ether oxygens (including phenoxy) is 2. The van der Waals surface area contributed by atoms with Crippen molar-refractivity contribution in [3.63, 3.8) is 0 Å². The normalized spacial score (nSPS) is 11.3. The fourth-order valence-electron chi connectivity index (χ4n) is 2.77. The van der Waals surface area contributed by atoms with Gasteiger partial charge in [-0.15, -0.1) is 0 Å². The van der Waals surface area contributed by atoms with E-state index in [2.05, 4.69) is 46.0 Å². The number of methoxy groups -OCH3 is 2. The van der Waals surface area contributed by atoms with Crippen molar-refractivity contribution in [2.24, 2.45) is 4.99 Å². The van der Waals surface area contributed by atoms with Gasteiger partial charge in [0.15, 0.2) is 5.96 Å². The predicted molar refractivity (Wildman–Crippen MR) is 107 cm³/mol. The molecule has 0 amide bonds. The summed E-state index contributed by atoms with van der Waals surface area (Å²) >= 11 is 0. The lowest BCUT2D eigenvalue weighted by Gasteiger charge is -2.14. The molecule has 0 radical (unpaired) electrons. The lowest BCUT2D eigenvalue weighted by Crippen LogP contribution is -2.38. The highest BCUT2D eigenvalue weighted by Crippen LogP contribution is 2.19. The van der Waals surface area contributed by atoms with Crippen LogP contribution in [0.2, 0.25) is 0 Å². The van der Waals surface area contributed by atoms with E-state index in [1.54, 1.807) is 21.3 Å². The van der Waals surface area contributed by atoms with Gasteiger partial charge < -0.3 is 20.1 Å². The molecule has 2 rings (SSSR count). The van der Waals surface area contributed by atoms with Gasteiger partial charge in [0, 0.05) is 27.2 Å². The number of nitrogens with one attached hydrogen (secondary N) is 2. The highest BCUT2D eigenvalue weighted by Gasteiger charge is 2.04. The van der Waals surface area contributed by atoms with Crippen LogP contribution in [-0.2, 0) is 24.3 Å². The van der Waals surface area contributed by atoms with Gasteiger partial charge in [0.1, 0.15) is 5.75 Å². The number of benzene rings is 2. The fraction of sp³-hybridized carbons (Fsp3) is 0.381. The first-order valence-electron chi connectivity index (χ1n) is 8.81. The van der Waals surface area contributed by atoms with E-state index >= 15 is 0 Å². The Labute approximate surface area is 156 Å². The zero-order valence-corrected chi connectivity index (χ0v) is 16.1. The van der Waals surface area contributed by atoms with Crippen LogP contribution in [0.5, 0.6) is 5.75 Å². The van der Waals surface area contributed by atoms with Gasteiger partial charge in [0.25, 0.3) is 0 Å². The van der Waals surface area contributed by atoms with Crippen molar-refractivity contribution in [2.45, 2.75) is 26.5 Å². The van der Waals surface area contributed by atoms with Crippen LogP contribution in [0.25, 0.3) is 0 Å². The summed E-state index contributed by atoms with van der Waals surface area (Å²) in [6.45, 7) is 4.16. The molecule has 0 saturated carbocycles. The van der Waals surface area contributed by atoms with Crippen molar-refractivity contribution in [1.82, 2.24) is 10.6 Å². The molecule has 0 aliphatic heterocycles. The molecule has 5 nitrogen and oxygen atoms in total. The minimum absolute atomic E-state index is 0.610. The summed E-state index contributed by atoms with van der Waals surface area (Å²) in [6.07, 6.45) is 0.900. The number of nitrogens with zero attached hydrogens (tertiary/aromatic N) is 1. The second-order valence-electron chi connectivity index (χ2n) is 6.11.